The highest BCUT2D eigenvalue weighted by atomic mass is 16.6. The van der Waals surface area contributed by atoms with E-state index in [1.807, 2.05) is 25.7 Å². The maximum atomic E-state index is 12.2. The summed E-state index contributed by atoms with van der Waals surface area (Å²) in [6, 6.07) is 0.714. The van der Waals surface area contributed by atoms with Gasteiger partial charge in [-0.05, 0) is 40.0 Å². The topological polar surface area (TPSA) is 50.8 Å². The minimum atomic E-state index is -0.422. The summed E-state index contributed by atoms with van der Waals surface area (Å²) >= 11 is 0. The number of likely N-dealkylation sites (tertiary alicyclic amines) is 1. The summed E-state index contributed by atoms with van der Waals surface area (Å²) in [6.07, 6.45) is 3.14. The number of carbonyl (C=O) groups is 1. The van der Waals surface area contributed by atoms with Gasteiger partial charge in [-0.1, -0.05) is 0 Å². The van der Waals surface area contributed by atoms with Gasteiger partial charge >= 0.3 is 6.09 Å². The Morgan fingerprint density at radius 1 is 1.37 bits per heavy atom. The van der Waals surface area contributed by atoms with Gasteiger partial charge in [-0.15, -0.1) is 0 Å². The van der Waals surface area contributed by atoms with Crippen LogP contribution in [0.4, 0.5) is 4.79 Å². The number of hydrogen-bond acceptors (Lipinski definition) is 4. The zero-order valence-electron chi connectivity index (χ0n) is 12.3. The van der Waals surface area contributed by atoms with E-state index in [-0.39, 0.29) is 12.1 Å². The molecule has 0 radical (unpaired) electrons. The molecule has 1 N–H and O–H groups in total. The van der Waals surface area contributed by atoms with Gasteiger partial charge in [0.15, 0.2) is 0 Å². The van der Waals surface area contributed by atoms with Crippen molar-refractivity contribution in [1.29, 1.82) is 0 Å². The van der Waals surface area contributed by atoms with Crippen molar-refractivity contribution in [3.8, 4) is 0 Å². The Hall–Kier alpha value is -0.810. The van der Waals surface area contributed by atoms with Gasteiger partial charge in [0.1, 0.15) is 5.60 Å². The zero-order chi connectivity index (χ0) is 13.9. The van der Waals surface area contributed by atoms with Crippen LogP contribution < -0.4 is 5.32 Å². The lowest BCUT2D eigenvalue weighted by Crippen LogP contribution is -2.54. The fourth-order valence-corrected chi connectivity index (χ4v) is 2.43. The largest absolute Gasteiger partial charge is 0.444 e. The Morgan fingerprint density at radius 3 is 2.68 bits per heavy atom. The second kappa shape index (κ2) is 6.09. The van der Waals surface area contributed by atoms with E-state index in [0.717, 1.165) is 39.1 Å². The van der Waals surface area contributed by atoms with Gasteiger partial charge in [0.2, 0.25) is 0 Å². The van der Waals surface area contributed by atoms with Crippen LogP contribution in [0.1, 0.15) is 40.0 Å². The highest BCUT2D eigenvalue weighted by molar-refractivity contribution is 5.68. The third kappa shape index (κ3) is 4.35. The fraction of sp³-hybridized carbons (Fsp3) is 0.929. The minimum absolute atomic E-state index is 0.177. The monoisotopic (exact) mass is 270 g/mol. The third-order valence-corrected chi connectivity index (χ3v) is 3.54. The van der Waals surface area contributed by atoms with E-state index >= 15 is 0 Å². The first kappa shape index (κ1) is 14.6. The maximum absolute atomic E-state index is 12.2. The number of piperidine rings is 1. The number of ether oxygens (including phenoxy) is 2. The summed E-state index contributed by atoms with van der Waals surface area (Å²) in [4.78, 5) is 14.1. The quantitative estimate of drug-likeness (QED) is 0.849. The van der Waals surface area contributed by atoms with Crippen molar-refractivity contribution in [2.45, 2.75) is 57.7 Å². The molecular weight excluding hydrogens is 244 g/mol. The van der Waals surface area contributed by atoms with Crippen LogP contribution >= 0.6 is 0 Å². The molecule has 5 nitrogen and oxygen atoms in total. The summed E-state index contributed by atoms with van der Waals surface area (Å²) in [7, 11) is 0. The lowest BCUT2D eigenvalue weighted by atomic mass is 10.0. The van der Waals surface area contributed by atoms with Gasteiger partial charge < -0.3 is 19.7 Å². The van der Waals surface area contributed by atoms with E-state index in [1.165, 1.54) is 6.42 Å². The molecule has 0 aromatic rings. The molecule has 0 spiro atoms. The molecule has 1 unspecified atom stereocenters. The van der Waals surface area contributed by atoms with E-state index in [1.54, 1.807) is 0 Å². The molecule has 2 aliphatic rings. The molecular formula is C14H26N2O3. The normalized spacial score (nSPS) is 25.0. The van der Waals surface area contributed by atoms with Crippen molar-refractivity contribution in [2.75, 3.05) is 26.3 Å². The molecule has 2 heterocycles. The van der Waals surface area contributed by atoms with Gasteiger partial charge in [-0.25, -0.2) is 4.79 Å². The van der Waals surface area contributed by atoms with Crippen LogP contribution in [-0.4, -0.2) is 55.0 Å². The van der Waals surface area contributed by atoms with Gasteiger partial charge in [-0.3, -0.25) is 0 Å². The lowest BCUT2D eigenvalue weighted by molar-refractivity contribution is -0.0132. The molecule has 0 aliphatic carbocycles. The van der Waals surface area contributed by atoms with E-state index < -0.39 is 5.60 Å². The summed E-state index contributed by atoms with van der Waals surface area (Å²) < 4.78 is 10.6. The highest BCUT2D eigenvalue weighted by Gasteiger charge is 2.31. The van der Waals surface area contributed by atoms with E-state index in [0.29, 0.717) is 6.04 Å². The first-order valence-corrected chi connectivity index (χ1v) is 7.26. The predicted molar refractivity (Wildman–Crippen MR) is 73.2 cm³/mol. The standard InChI is InChI=1S/C14H26N2O3/c1-14(2,3)19-13(17)16-7-5-4-6-12(16)8-15-11-9-18-10-11/h11-12,15H,4-10H2,1-3H3. The molecule has 0 saturated carbocycles. The SMILES string of the molecule is CC(C)(C)OC(=O)N1CCCCC1CNC1COC1. The number of carbonyl (C=O) groups excluding carboxylic acids is 1. The summed E-state index contributed by atoms with van der Waals surface area (Å²) in [5.41, 5.74) is -0.422. The van der Waals surface area contributed by atoms with Crippen molar-refractivity contribution in [1.82, 2.24) is 10.2 Å². The smallest absolute Gasteiger partial charge is 0.410 e. The fourth-order valence-electron chi connectivity index (χ4n) is 2.43. The first-order chi connectivity index (χ1) is 8.96. The van der Waals surface area contributed by atoms with E-state index in [4.69, 9.17) is 9.47 Å². The van der Waals surface area contributed by atoms with Gasteiger partial charge in [-0.2, -0.15) is 0 Å². The number of nitrogens with zero attached hydrogens (tertiary/aromatic N) is 1. The molecule has 1 amide bonds. The molecule has 2 rings (SSSR count). The summed E-state index contributed by atoms with van der Waals surface area (Å²) in [6.45, 7) is 8.96. The van der Waals surface area contributed by atoms with Crippen LogP contribution in [0.5, 0.6) is 0 Å². The average Bonchev–Trinajstić information content (AvgIpc) is 2.25. The molecule has 19 heavy (non-hydrogen) atoms. The minimum Gasteiger partial charge on any atom is -0.444 e. The third-order valence-electron chi connectivity index (χ3n) is 3.54. The first-order valence-electron chi connectivity index (χ1n) is 7.26. The van der Waals surface area contributed by atoms with Crippen molar-refractivity contribution in [3.63, 3.8) is 0 Å². The van der Waals surface area contributed by atoms with E-state index in [9.17, 15) is 4.79 Å². The second-order valence-corrected chi connectivity index (χ2v) is 6.47. The predicted octanol–water partition coefficient (Wildman–Crippen LogP) is 1.76. The van der Waals surface area contributed by atoms with Crippen LogP contribution in [0.15, 0.2) is 0 Å². The number of amides is 1. The van der Waals surface area contributed by atoms with E-state index in [2.05, 4.69) is 5.32 Å². The average molecular weight is 270 g/mol. The lowest BCUT2D eigenvalue weighted by Gasteiger charge is -2.38. The van der Waals surface area contributed by atoms with Crippen molar-refractivity contribution in [3.05, 3.63) is 0 Å². The molecule has 0 aromatic heterocycles. The van der Waals surface area contributed by atoms with Crippen molar-refractivity contribution in [2.24, 2.45) is 0 Å². The van der Waals surface area contributed by atoms with Crippen LogP contribution in [0.3, 0.4) is 0 Å². The second-order valence-electron chi connectivity index (χ2n) is 6.47. The van der Waals surface area contributed by atoms with Crippen molar-refractivity contribution < 1.29 is 14.3 Å². The zero-order valence-corrected chi connectivity index (χ0v) is 12.3. The molecule has 0 bridgehead atoms. The van der Waals surface area contributed by atoms with Crippen LogP contribution in [0.2, 0.25) is 0 Å². The number of hydrogen-bond donors (Lipinski definition) is 1. The Bertz CT molecular complexity index is 310. The van der Waals surface area contributed by atoms with Crippen LogP contribution in [0, 0.1) is 0 Å². The molecule has 110 valence electrons. The van der Waals surface area contributed by atoms with Gasteiger partial charge in [0, 0.05) is 19.1 Å². The molecule has 1 atom stereocenters. The molecule has 2 fully saturated rings. The summed E-state index contributed by atoms with van der Waals surface area (Å²) in [5, 5.41) is 3.46. The highest BCUT2D eigenvalue weighted by Crippen LogP contribution is 2.20. The molecule has 0 aromatic carbocycles. The van der Waals surface area contributed by atoms with Gasteiger partial charge in [0.25, 0.3) is 0 Å². The Morgan fingerprint density at radius 2 is 2.11 bits per heavy atom. The number of nitrogens with one attached hydrogen (secondary N) is 1. The van der Waals surface area contributed by atoms with Gasteiger partial charge in [0.05, 0.1) is 19.3 Å². The van der Waals surface area contributed by atoms with Crippen LogP contribution in [0.25, 0.3) is 0 Å². The molecule has 2 saturated heterocycles. The summed E-state index contributed by atoms with van der Waals surface area (Å²) in [5.74, 6) is 0. The van der Waals surface area contributed by atoms with Crippen LogP contribution in [-0.2, 0) is 9.47 Å². The number of rotatable bonds is 3. The maximum Gasteiger partial charge on any atom is 0.410 e. The molecule has 2 aliphatic heterocycles. The van der Waals surface area contributed by atoms with Crippen molar-refractivity contribution >= 4 is 6.09 Å². The Labute approximate surface area is 115 Å². The molecule has 5 heteroatoms. The Balaban J connectivity index is 1.85. The Kier molecular flexibility index (Phi) is 4.68.